The van der Waals surface area contributed by atoms with Crippen molar-refractivity contribution in [2.75, 3.05) is 13.1 Å². The molecular weight excluding hydrogens is 212 g/mol. The molecule has 0 amide bonds. The Labute approximate surface area is 93.5 Å². The number of hydrogen-bond donors (Lipinski definition) is 1. The lowest BCUT2D eigenvalue weighted by molar-refractivity contribution is -0.103. The predicted molar refractivity (Wildman–Crippen MR) is 56.9 cm³/mol. The van der Waals surface area contributed by atoms with Crippen molar-refractivity contribution in [1.29, 1.82) is 0 Å². The van der Waals surface area contributed by atoms with E-state index < -0.39 is 17.2 Å². The lowest BCUT2D eigenvalue weighted by Crippen LogP contribution is -2.60. The Hall–Kier alpha value is -1.00. The van der Waals surface area contributed by atoms with Gasteiger partial charge >= 0.3 is 0 Å². The first-order valence-corrected chi connectivity index (χ1v) is 5.40. The Balaban J connectivity index is 1.96. The average molecular weight is 227 g/mol. The Morgan fingerprint density at radius 1 is 1.25 bits per heavy atom. The maximum atomic E-state index is 12.9. The lowest BCUT2D eigenvalue weighted by Gasteiger charge is -2.46. The van der Waals surface area contributed by atoms with Crippen molar-refractivity contribution >= 4 is 0 Å². The summed E-state index contributed by atoms with van der Waals surface area (Å²) >= 11 is 0. The van der Waals surface area contributed by atoms with Gasteiger partial charge in [0, 0.05) is 25.7 Å². The highest BCUT2D eigenvalue weighted by Gasteiger charge is 2.38. The number of halogens is 2. The molecule has 0 unspecified atom stereocenters. The number of hydrogen-bond acceptors (Lipinski definition) is 2. The van der Waals surface area contributed by atoms with Gasteiger partial charge in [0.05, 0.1) is 5.60 Å². The molecule has 4 heteroatoms. The minimum Gasteiger partial charge on any atom is -0.387 e. The van der Waals surface area contributed by atoms with E-state index in [1.807, 2.05) is 11.8 Å². The second kappa shape index (κ2) is 4.11. The van der Waals surface area contributed by atoms with Gasteiger partial charge in [0.15, 0.2) is 0 Å². The molecule has 0 aromatic heterocycles. The molecule has 0 radical (unpaired) electrons. The highest BCUT2D eigenvalue weighted by molar-refractivity contribution is 5.18. The van der Waals surface area contributed by atoms with Crippen LogP contribution < -0.4 is 0 Å². The van der Waals surface area contributed by atoms with Crippen LogP contribution in [0.5, 0.6) is 0 Å². The summed E-state index contributed by atoms with van der Waals surface area (Å²) in [4.78, 5) is 1.97. The van der Waals surface area contributed by atoms with E-state index >= 15 is 0 Å². The van der Waals surface area contributed by atoms with E-state index in [4.69, 9.17) is 0 Å². The summed E-state index contributed by atoms with van der Waals surface area (Å²) in [7, 11) is 0. The van der Waals surface area contributed by atoms with Gasteiger partial charge in [-0.3, -0.25) is 4.90 Å². The van der Waals surface area contributed by atoms with E-state index in [2.05, 4.69) is 0 Å². The quantitative estimate of drug-likeness (QED) is 0.852. The third-order valence-corrected chi connectivity index (χ3v) is 3.02. The van der Waals surface area contributed by atoms with Crippen molar-refractivity contribution in [3.8, 4) is 0 Å². The molecule has 16 heavy (non-hydrogen) atoms. The van der Waals surface area contributed by atoms with Gasteiger partial charge in [0.25, 0.3) is 0 Å². The predicted octanol–water partition coefficient (Wildman–Crippen LogP) is 1.92. The Morgan fingerprint density at radius 3 is 2.31 bits per heavy atom. The van der Waals surface area contributed by atoms with Crippen molar-refractivity contribution in [3.63, 3.8) is 0 Å². The van der Waals surface area contributed by atoms with Gasteiger partial charge in [-0.2, -0.15) is 0 Å². The van der Waals surface area contributed by atoms with E-state index in [1.54, 1.807) is 0 Å². The highest BCUT2D eigenvalue weighted by atomic mass is 19.1. The second-order valence-electron chi connectivity index (χ2n) is 4.50. The molecular formula is C12H15F2NO. The van der Waals surface area contributed by atoms with Crippen LogP contribution in [0, 0.1) is 11.6 Å². The minimum absolute atomic E-state index is 0.483. The first-order chi connectivity index (χ1) is 7.50. The summed E-state index contributed by atoms with van der Waals surface area (Å²) in [5, 5.41) is 9.79. The van der Waals surface area contributed by atoms with Crippen LogP contribution >= 0.6 is 0 Å². The maximum Gasteiger partial charge on any atom is 0.126 e. The molecule has 0 aliphatic carbocycles. The number of aliphatic hydroxyl groups is 1. The molecule has 1 aliphatic heterocycles. The van der Waals surface area contributed by atoms with Crippen LogP contribution in [0.3, 0.4) is 0 Å². The zero-order chi connectivity index (χ0) is 11.8. The largest absolute Gasteiger partial charge is 0.387 e. The zero-order valence-corrected chi connectivity index (χ0v) is 9.21. The Bertz CT molecular complexity index is 368. The van der Waals surface area contributed by atoms with Crippen molar-refractivity contribution in [1.82, 2.24) is 4.90 Å². The summed E-state index contributed by atoms with van der Waals surface area (Å²) in [5.41, 5.74) is 0.00180. The fourth-order valence-electron chi connectivity index (χ4n) is 2.08. The Morgan fingerprint density at radius 2 is 1.81 bits per heavy atom. The first-order valence-electron chi connectivity index (χ1n) is 5.40. The summed E-state index contributed by atoms with van der Waals surface area (Å²) in [6.07, 6.45) is 0.709. The van der Waals surface area contributed by atoms with Crippen molar-refractivity contribution in [2.45, 2.75) is 25.5 Å². The molecule has 2 nitrogen and oxygen atoms in total. The van der Waals surface area contributed by atoms with Crippen molar-refractivity contribution in [3.05, 3.63) is 35.4 Å². The van der Waals surface area contributed by atoms with Crippen LogP contribution in [0.2, 0.25) is 0 Å². The minimum atomic E-state index is -0.605. The highest BCUT2D eigenvalue weighted by Crippen LogP contribution is 2.25. The van der Waals surface area contributed by atoms with Crippen LogP contribution in [-0.4, -0.2) is 28.7 Å². The third-order valence-electron chi connectivity index (χ3n) is 3.02. The fraction of sp³-hybridized carbons (Fsp3) is 0.500. The van der Waals surface area contributed by atoms with Gasteiger partial charge in [-0.05, 0) is 24.1 Å². The standard InChI is InChI=1S/C12H15F2NO/c1-2-12(16)7-15(8-12)6-9-3-10(13)5-11(14)4-9/h3-5,16H,2,6-8H2,1H3. The number of rotatable bonds is 3. The van der Waals surface area contributed by atoms with Gasteiger partial charge in [-0.1, -0.05) is 6.92 Å². The number of benzene rings is 1. The topological polar surface area (TPSA) is 23.5 Å². The normalized spacial score (nSPS) is 19.5. The summed E-state index contributed by atoms with van der Waals surface area (Å²) < 4.78 is 25.8. The molecule has 1 heterocycles. The number of nitrogens with zero attached hydrogens (tertiary/aromatic N) is 1. The van der Waals surface area contributed by atoms with E-state index in [0.29, 0.717) is 31.6 Å². The second-order valence-corrected chi connectivity index (χ2v) is 4.50. The molecule has 2 rings (SSSR count). The van der Waals surface area contributed by atoms with Crippen molar-refractivity contribution < 1.29 is 13.9 Å². The van der Waals surface area contributed by atoms with Crippen LogP contribution in [-0.2, 0) is 6.54 Å². The number of β-amino-alcohol motifs (C(OH)–C–C–N with tert-alkyl or cyclic N) is 1. The van der Waals surface area contributed by atoms with Crippen molar-refractivity contribution in [2.24, 2.45) is 0 Å². The monoisotopic (exact) mass is 227 g/mol. The first kappa shape index (κ1) is 11.5. The van der Waals surface area contributed by atoms with Gasteiger partial charge in [-0.15, -0.1) is 0 Å². The van der Waals surface area contributed by atoms with E-state index in [1.165, 1.54) is 12.1 Å². The molecule has 0 bridgehead atoms. The molecule has 1 saturated heterocycles. The number of likely N-dealkylation sites (tertiary alicyclic amines) is 1. The van der Waals surface area contributed by atoms with Crippen LogP contribution in [0.25, 0.3) is 0 Å². The van der Waals surface area contributed by atoms with Crippen LogP contribution in [0.15, 0.2) is 18.2 Å². The molecule has 0 spiro atoms. The SMILES string of the molecule is CCC1(O)CN(Cc2cc(F)cc(F)c2)C1. The average Bonchev–Trinajstić information content (AvgIpc) is 2.13. The van der Waals surface area contributed by atoms with E-state index in [-0.39, 0.29) is 0 Å². The zero-order valence-electron chi connectivity index (χ0n) is 9.21. The summed E-state index contributed by atoms with van der Waals surface area (Å²) in [6.45, 7) is 3.56. The van der Waals surface area contributed by atoms with Crippen LogP contribution in [0.4, 0.5) is 8.78 Å². The van der Waals surface area contributed by atoms with Gasteiger partial charge in [0.1, 0.15) is 11.6 Å². The van der Waals surface area contributed by atoms with Gasteiger partial charge in [0.2, 0.25) is 0 Å². The summed E-state index contributed by atoms with van der Waals surface area (Å²) in [6, 6.07) is 3.51. The van der Waals surface area contributed by atoms with Gasteiger partial charge in [-0.25, -0.2) is 8.78 Å². The van der Waals surface area contributed by atoms with E-state index in [9.17, 15) is 13.9 Å². The third kappa shape index (κ3) is 2.39. The molecule has 1 fully saturated rings. The Kier molecular flexibility index (Phi) is 2.95. The fourth-order valence-corrected chi connectivity index (χ4v) is 2.08. The lowest BCUT2D eigenvalue weighted by atomic mass is 9.91. The smallest absolute Gasteiger partial charge is 0.126 e. The molecule has 1 aromatic rings. The maximum absolute atomic E-state index is 12.9. The molecule has 0 saturated carbocycles. The molecule has 1 aromatic carbocycles. The van der Waals surface area contributed by atoms with Crippen LogP contribution in [0.1, 0.15) is 18.9 Å². The van der Waals surface area contributed by atoms with Gasteiger partial charge < -0.3 is 5.11 Å². The molecule has 88 valence electrons. The summed E-state index contributed by atoms with van der Waals surface area (Å²) in [5.74, 6) is -1.11. The van der Waals surface area contributed by atoms with E-state index in [0.717, 1.165) is 6.07 Å². The molecule has 0 atom stereocenters. The molecule has 1 aliphatic rings. The molecule has 1 N–H and O–H groups in total.